The van der Waals surface area contributed by atoms with E-state index in [-0.39, 0.29) is 0 Å². The second kappa shape index (κ2) is 1.76. The van der Waals surface area contributed by atoms with Crippen LogP contribution in [-0.4, -0.2) is 18.0 Å². The van der Waals surface area contributed by atoms with Crippen molar-refractivity contribution in [2.45, 2.75) is 12.7 Å². The molecule has 1 saturated heterocycles. The van der Waals surface area contributed by atoms with Crippen LogP contribution in [0.1, 0.15) is 6.42 Å². The lowest BCUT2D eigenvalue weighted by Crippen LogP contribution is -2.10. The summed E-state index contributed by atoms with van der Waals surface area (Å²) in [6, 6.07) is 0. The molecule has 2 bridgehead atoms. The van der Waals surface area contributed by atoms with Gasteiger partial charge in [-0.3, -0.25) is 0 Å². The van der Waals surface area contributed by atoms with E-state index in [2.05, 4.69) is 12.2 Å². The summed E-state index contributed by atoms with van der Waals surface area (Å²) in [4.78, 5) is 0. The van der Waals surface area contributed by atoms with Crippen LogP contribution < -0.4 is 0 Å². The Morgan fingerprint density at radius 2 is 2.45 bits per heavy atom. The highest BCUT2D eigenvalue weighted by molar-refractivity contribution is 5.43. The van der Waals surface area contributed by atoms with E-state index in [0.29, 0.717) is 11.8 Å². The summed E-state index contributed by atoms with van der Waals surface area (Å²) in [6.45, 7) is 0.717. The van der Waals surface area contributed by atoms with E-state index in [1.165, 1.54) is 5.57 Å². The van der Waals surface area contributed by atoms with Crippen LogP contribution in [0, 0.1) is 11.8 Å². The molecule has 0 aromatic carbocycles. The minimum absolute atomic E-state index is 0.505. The first-order valence-electron chi connectivity index (χ1n) is 4.07. The normalized spacial score (nSPS) is 45.7. The van der Waals surface area contributed by atoms with Crippen LogP contribution in [-0.2, 0) is 4.74 Å². The lowest BCUT2D eigenvalue weighted by atomic mass is 9.92. The Labute approximate surface area is 65.2 Å². The van der Waals surface area contributed by atoms with Crippen LogP contribution in [0.15, 0.2) is 23.3 Å². The largest absolute Gasteiger partial charge is 0.364 e. The van der Waals surface area contributed by atoms with Crippen molar-refractivity contribution in [1.29, 1.82) is 0 Å². The molecule has 3 rings (SSSR count). The molecule has 0 radical (unpaired) electrons. The number of rotatable bonds is 0. The van der Waals surface area contributed by atoms with Gasteiger partial charge in [-0.1, -0.05) is 12.2 Å². The maximum absolute atomic E-state index is 9.41. The molecule has 3 aliphatic rings. The van der Waals surface area contributed by atoms with Crippen LogP contribution >= 0.6 is 0 Å². The molecule has 0 aromatic rings. The summed E-state index contributed by atoms with van der Waals surface area (Å²) in [7, 11) is 0. The van der Waals surface area contributed by atoms with Gasteiger partial charge in [0, 0.05) is 5.92 Å². The molecular weight excluding hydrogens is 140 g/mol. The number of fused-ring (bicyclic) bond motifs is 4. The van der Waals surface area contributed by atoms with Crippen LogP contribution in [0.2, 0.25) is 0 Å². The molecule has 1 fully saturated rings. The van der Waals surface area contributed by atoms with E-state index < -0.39 is 6.29 Å². The smallest absolute Gasteiger partial charge is 0.178 e. The van der Waals surface area contributed by atoms with Gasteiger partial charge in [0.15, 0.2) is 6.29 Å². The van der Waals surface area contributed by atoms with Crippen molar-refractivity contribution < 1.29 is 9.84 Å². The van der Waals surface area contributed by atoms with Gasteiger partial charge in [0.2, 0.25) is 0 Å². The van der Waals surface area contributed by atoms with E-state index in [1.54, 1.807) is 0 Å². The molecule has 1 aliphatic heterocycles. The third kappa shape index (κ3) is 0.596. The molecule has 0 aromatic heterocycles. The monoisotopic (exact) mass is 150 g/mol. The first-order valence-corrected chi connectivity index (χ1v) is 4.07. The Kier molecular flexibility index (Phi) is 0.957. The van der Waals surface area contributed by atoms with E-state index in [4.69, 9.17) is 4.74 Å². The molecule has 0 saturated carbocycles. The molecule has 1 heterocycles. The number of allylic oxidation sites excluding steroid dienone is 3. The summed E-state index contributed by atoms with van der Waals surface area (Å²) in [6.07, 6.45) is 4.92. The summed E-state index contributed by atoms with van der Waals surface area (Å²) >= 11 is 0. The van der Waals surface area contributed by atoms with Gasteiger partial charge in [-0.2, -0.15) is 0 Å². The Morgan fingerprint density at radius 1 is 1.55 bits per heavy atom. The third-order valence-corrected chi connectivity index (χ3v) is 2.99. The Morgan fingerprint density at radius 3 is 3.27 bits per heavy atom. The first-order chi connectivity index (χ1) is 5.36. The standard InChI is InChI=1S/C9H10O2/c10-9-8-6-2-1-5(3-6)7(8)4-11-9/h1-2,5,7,9-10H,3-4H2/t5-,7+,9-/m0/s1. The minimum atomic E-state index is -0.593. The molecule has 0 amide bonds. The molecule has 0 unspecified atom stereocenters. The number of aliphatic hydroxyl groups is 1. The van der Waals surface area contributed by atoms with E-state index >= 15 is 0 Å². The zero-order valence-electron chi connectivity index (χ0n) is 6.16. The van der Waals surface area contributed by atoms with Gasteiger partial charge in [-0.25, -0.2) is 0 Å². The van der Waals surface area contributed by atoms with Gasteiger partial charge in [0.05, 0.1) is 6.61 Å². The van der Waals surface area contributed by atoms with E-state index in [1.807, 2.05) is 0 Å². The average Bonchev–Trinajstić information content (AvgIpc) is 2.60. The predicted molar refractivity (Wildman–Crippen MR) is 39.7 cm³/mol. The van der Waals surface area contributed by atoms with Crippen molar-refractivity contribution in [3.63, 3.8) is 0 Å². The highest BCUT2D eigenvalue weighted by atomic mass is 16.6. The summed E-state index contributed by atoms with van der Waals surface area (Å²) in [5, 5.41) is 9.41. The lowest BCUT2D eigenvalue weighted by Gasteiger charge is -2.11. The van der Waals surface area contributed by atoms with Crippen molar-refractivity contribution >= 4 is 0 Å². The molecule has 0 spiro atoms. The Balaban J connectivity index is 2.13. The molecular formula is C9H10O2. The number of hydrogen-bond acceptors (Lipinski definition) is 2. The molecule has 58 valence electrons. The third-order valence-electron chi connectivity index (χ3n) is 2.99. The van der Waals surface area contributed by atoms with Crippen molar-refractivity contribution in [2.75, 3.05) is 6.61 Å². The van der Waals surface area contributed by atoms with E-state index in [0.717, 1.165) is 18.6 Å². The molecule has 11 heavy (non-hydrogen) atoms. The SMILES string of the molecule is O[C@H]1OC[C@H]2C1=C1C=C[C@H]2C1. The zero-order valence-corrected chi connectivity index (χ0v) is 6.16. The van der Waals surface area contributed by atoms with Gasteiger partial charge < -0.3 is 9.84 Å². The van der Waals surface area contributed by atoms with Crippen LogP contribution in [0.4, 0.5) is 0 Å². The van der Waals surface area contributed by atoms with Gasteiger partial charge in [0.1, 0.15) is 0 Å². The fourth-order valence-corrected chi connectivity index (χ4v) is 2.43. The molecule has 2 aliphatic carbocycles. The fourth-order valence-electron chi connectivity index (χ4n) is 2.43. The average molecular weight is 150 g/mol. The van der Waals surface area contributed by atoms with Gasteiger partial charge in [0.25, 0.3) is 0 Å². The second-order valence-electron chi connectivity index (χ2n) is 3.50. The van der Waals surface area contributed by atoms with Crippen molar-refractivity contribution in [2.24, 2.45) is 11.8 Å². The highest BCUT2D eigenvalue weighted by Crippen LogP contribution is 2.48. The predicted octanol–water partition coefficient (Wildman–Crippen LogP) is 0.838. The summed E-state index contributed by atoms with van der Waals surface area (Å²) in [5.74, 6) is 1.14. The van der Waals surface area contributed by atoms with Crippen LogP contribution in [0.3, 0.4) is 0 Å². The van der Waals surface area contributed by atoms with Gasteiger partial charge in [-0.05, 0) is 23.5 Å². The van der Waals surface area contributed by atoms with Crippen LogP contribution in [0.25, 0.3) is 0 Å². The summed E-state index contributed by atoms with van der Waals surface area (Å²) in [5.41, 5.74) is 2.49. The highest BCUT2D eigenvalue weighted by Gasteiger charge is 2.43. The number of hydrogen-bond donors (Lipinski definition) is 1. The van der Waals surface area contributed by atoms with Crippen molar-refractivity contribution in [1.82, 2.24) is 0 Å². The molecule has 1 N–H and O–H groups in total. The fraction of sp³-hybridized carbons (Fsp3) is 0.556. The van der Waals surface area contributed by atoms with Gasteiger partial charge in [-0.15, -0.1) is 0 Å². The molecule has 2 nitrogen and oxygen atoms in total. The maximum Gasteiger partial charge on any atom is 0.178 e. The quantitative estimate of drug-likeness (QED) is 0.554. The van der Waals surface area contributed by atoms with E-state index in [9.17, 15) is 5.11 Å². The number of ether oxygens (including phenoxy) is 1. The molecule has 3 atom stereocenters. The van der Waals surface area contributed by atoms with Crippen LogP contribution in [0.5, 0.6) is 0 Å². The lowest BCUT2D eigenvalue weighted by molar-refractivity contribution is -0.0428. The Hall–Kier alpha value is -0.600. The zero-order chi connectivity index (χ0) is 7.42. The Bertz CT molecular complexity index is 265. The topological polar surface area (TPSA) is 29.5 Å². The maximum atomic E-state index is 9.41. The van der Waals surface area contributed by atoms with Gasteiger partial charge >= 0.3 is 0 Å². The molecule has 2 heteroatoms. The summed E-state index contributed by atoms with van der Waals surface area (Å²) < 4.78 is 5.16. The van der Waals surface area contributed by atoms with Crippen molar-refractivity contribution in [3.8, 4) is 0 Å². The first kappa shape index (κ1) is 5.98. The number of aliphatic hydroxyl groups excluding tert-OH is 1. The minimum Gasteiger partial charge on any atom is -0.364 e. The second-order valence-corrected chi connectivity index (χ2v) is 3.50. The van der Waals surface area contributed by atoms with Crippen molar-refractivity contribution in [3.05, 3.63) is 23.3 Å².